The van der Waals surface area contributed by atoms with E-state index in [2.05, 4.69) is 15.6 Å². The minimum absolute atomic E-state index is 0.0424. The van der Waals surface area contributed by atoms with E-state index in [1.165, 1.54) is 51.7 Å². The number of carbonyl (C=O) groups excluding carboxylic acids is 2. The summed E-state index contributed by atoms with van der Waals surface area (Å²) in [4.78, 5) is 24.3. The van der Waals surface area contributed by atoms with Crippen LogP contribution in [0.2, 0.25) is 0 Å². The van der Waals surface area contributed by atoms with E-state index in [0.29, 0.717) is 23.9 Å². The number of hydrazine groups is 1. The highest BCUT2D eigenvalue weighted by atomic mass is 32.2. The summed E-state index contributed by atoms with van der Waals surface area (Å²) in [5, 5.41) is 0. The maximum Gasteiger partial charge on any atom is 0.269 e. The van der Waals surface area contributed by atoms with Crippen LogP contribution in [0.25, 0.3) is 0 Å². The van der Waals surface area contributed by atoms with E-state index >= 15 is 0 Å². The monoisotopic (exact) mass is 495 g/mol. The number of nitrogens with one attached hydrogen (secondary N) is 3. The van der Waals surface area contributed by atoms with Gasteiger partial charge in [-0.1, -0.05) is 6.92 Å². The van der Waals surface area contributed by atoms with Crippen molar-refractivity contribution in [3.63, 3.8) is 0 Å². The summed E-state index contributed by atoms with van der Waals surface area (Å²) in [6.07, 6.45) is 0.613. The Kier molecular flexibility index (Phi) is 9.95. The fourth-order valence-electron chi connectivity index (χ4n) is 2.77. The highest BCUT2D eigenvalue weighted by Gasteiger charge is 2.18. The zero-order valence-electron chi connectivity index (χ0n) is 19.5. The van der Waals surface area contributed by atoms with Crippen molar-refractivity contribution in [2.75, 3.05) is 34.5 Å². The first-order valence-electron chi connectivity index (χ1n) is 10.4. The van der Waals surface area contributed by atoms with Gasteiger partial charge in [-0.05, 0) is 36.8 Å². The Morgan fingerprint density at radius 3 is 2.15 bits per heavy atom. The number of amides is 2. The lowest BCUT2D eigenvalue weighted by Crippen LogP contribution is -2.42. The summed E-state index contributed by atoms with van der Waals surface area (Å²) in [6.45, 7) is 2.29. The molecule has 0 radical (unpaired) electrons. The van der Waals surface area contributed by atoms with Gasteiger partial charge in [-0.15, -0.1) is 0 Å². The molecule has 11 nitrogen and oxygen atoms in total. The van der Waals surface area contributed by atoms with E-state index in [-0.39, 0.29) is 29.2 Å². The predicted octanol–water partition coefficient (Wildman–Crippen LogP) is 1.63. The summed E-state index contributed by atoms with van der Waals surface area (Å²) in [5.41, 5.74) is 4.77. The summed E-state index contributed by atoms with van der Waals surface area (Å²) in [5.74, 6) is 0.381. The van der Waals surface area contributed by atoms with Crippen molar-refractivity contribution in [1.29, 1.82) is 0 Å². The number of carbonyl (C=O) groups is 2. The van der Waals surface area contributed by atoms with Crippen LogP contribution < -0.4 is 34.5 Å². The Morgan fingerprint density at radius 2 is 1.50 bits per heavy atom. The third-order valence-corrected chi connectivity index (χ3v) is 5.97. The fourth-order valence-corrected chi connectivity index (χ4v) is 3.81. The zero-order chi connectivity index (χ0) is 25.1. The zero-order valence-corrected chi connectivity index (χ0v) is 20.3. The van der Waals surface area contributed by atoms with Gasteiger partial charge in [0.1, 0.15) is 0 Å². The molecule has 0 aliphatic heterocycles. The number of benzene rings is 2. The molecule has 2 aromatic carbocycles. The van der Waals surface area contributed by atoms with E-state index in [4.69, 9.17) is 18.9 Å². The second-order valence-corrected chi connectivity index (χ2v) is 8.65. The van der Waals surface area contributed by atoms with E-state index < -0.39 is 21.8 Å². The topological polar surface area (TPSA) is 141 Å². The van der Waals surface area contributed by atoms with E-state index in [9.17, 15) is 18.0 Å². The fraction of sp³-hybridized carbons (Fsp3) is 0.364. The highest BCUT2D eigenvalue weighted by molar-refractivity contribution is 7.89. The number of rotatable bonds is 12. The summed E-state index contributed by atoms with van der Waals surface area (Å²) in [6, 6.07) is 8.77. The Hall–Kier alpha value is -3.51. The van der Waals surface area contributed by atoms with E-state index in [1.54, 1.807) is 6.07 Å². The quantitative estimate of drug-likeness (QED) is 0.377. The highest BCUT2D eigenvalue weighted by Crippen LogP contribution is 2.29. The molecule has 2 rings (SSSR count). The lowest BCUT2D eigenvalue weighted by atomic mass is 10.2. The molecule has 12 heteroatoms. The van der Waals surface area contributed by atoms with Crippen molar-refractivity contribution < 1.29 is 37.0 Å². The molecule has 0 aromatic heterocycles. The molecule has 0 spiro atoms. The normalized spacial score (nSPS) is 10.8. The van der Waals surface area contributed by atoms with Crippen molar-refractivity contribution in [2.45, 2.75) is 24.7 Å². The SMILES string of the molecule is CCCOc1ccc(C(=O)NNC(=O)CCNS(=O)(=O)c2ccc(OC)c(OC)c2)cc1OC. The standard InChI is InChI=1S/C22H29N3O8S/c1-5-12-33-18-8-6-15(13-19(18)31-3)22(27)25-24-21(26)10-11-23-34(28,29)16-7-9-17(30-2)20(14-16)32-4/h6-9,13-14,23H,5,10-12H2,1-4H3,(H,24,26)(H,25,27). The Bertz CT molecular complexity index is 1110. The molecule has 0 unspecified atom stereocenters. The van der Waals surface area contributed by atoms with Gasteiger partial charge in [0.15, 0.2) is 23.0 Å². The van der Waals surface area contributed by atoms with Crippen LogP contribution >= 0.6 is 0 Å². The van der Waals surface area contributed by atoms with Crippen LogP contribution in [0.3, 0.4) is 0 Å². The van der Waals surface area contributed by atoms with Crippen LogP contribution in [0.5, 0.6) is 23.0 Å². The van der Waals surface area contributed by atoms with Crippen molar-refractivity contribution in [2.24, 2.45) is 0 Å². The maximum absolute atomic E-state index is 12.5. The van der Waals surface area contributed by atoms with Gasteiger partial charge in [-0.25, -0.2) is 13.1 Å². The molecule has 0 saturated heterocycles. The van der Waals surface area contributed by atoms with Gasteiger partial charge < -0.3 is 18.9 Å². The third-order valence-electron chi connectivity index (χ3n) is 4.51. The smallest absolute Gasteiger partial charge is 0.269 e. The van der Waals surface area contributed by atoms with Gasteiger partial charge >= 0.3 is 0 Å². The average Bonchev–Trinajstić information content (AvgIpc) is 2.85. The van der Waals surface area contributed by atoms with Gasteiger partial charge in [0.25, 0.3) is 5.91 Å². The van der Waals surface area contributed by atoms with Crippen molar-refractivity contribution in [3.8, 4) is 23.0 Å². The molecule has 0 aliphatic rings. The first-order valence-corrected chi connectivity index (χ1v) is 11.9. The van der Waals surface area contributed by atoms with Gasteiger partial charge in [-0.2, -0.15) is 0 Å². The number of sulfonamides is 1. The minimum atomic E-state index is -3.89. The molecule has 186 valence electrons. The molecule has 3 N–H and O–H groups in total. The van der Waals surface area contributed by atoms with Crippen molar-refractivity contribution in [1.82, 2.24) is 15.6 Å². The molecule has 0 heterocycles. The van der Waals surface area contributed by atoms with Crippen LogP contribution in [0.15, 0.2) is 41.3 Å². The van der Waals surface area contributed by atoms with Gasteiger partial charge in [0, 0.05) is 24.6 Å². The second kappa shape index (κ2) is 12.7. The minimum Gasteiger partial charge on any atom is -0.493 e. The van der Waals surface area contributed by atoms with E-state index in [1.807, 2.05) is 6.92 Å². The van der Waals surface area contributed by atoms with Crippen LogP contribution in [0.1, 0.15) is 30.1 Å². The van der Waals surface area contributed by atoms with E-state index in [0.717, 1.165) is 6.42 Å². The average molecular weight is 496 g/mol. The van der Waals surface area contributed by atoms with Gasteiger partial charge in [0.2, 0.25) is 15.9 Å². The molecule has 2 aromatic rings. The first kappa shape index (κ1) is 26.7. The van der Waals surface area contributed by atoms with Crippen LogP contribution in [-0.4, -0.2) is 54.7 Å². The Morgan fingerprint density at radius 1 is 0.853 bits per heavy atom. The lowest BCUT2D eigenvalue weighted by Gasteiger charge is -2.12. The number of ether oxygens (including phenoxy) is 4. The molecular formula is C22H29N3O8S. The molecule has 0 saturated carbocycles. The van der Waals surface area contributed by atoms with Crippen LogP contribution in [0, 0.1) is 0 Å². The van der Waals surface area contributed by atoms with Crippen LogP contribution in [-0.2, 0) is 14.8 Å². The molecule has 0 fully saturated rings. The van der Waals surface area contributed by atoms with Crippen LogP contribution in [0.4, 0.5) is 0 Å². The first-order chi connectivity index (χ1) is 16.2. The second-order valence-electron chi connectivity index (χ2n) is 6.88. The molecule has 0 aliphatic carbocycles. The third kappa shape index (κ3) is 7.25. The van der Waals surface area contributed by atoms with Gasteiger partial charge in [0.05, 0.1) is 32.8 Å². The molecule has 2 amide bonds. The van der Waals surface area contributed by atoms with Crippen molar-refractivity contribution >= 4 is 21.8 Å². The largest absolute Gasteiger partial charge is 0.493 e. The predicted molar refractivity (Wildman–Crippen MR) is 124 cm³/mol. The summed E-state index contributed by atoms with van der Waals surface area (Å²) < 4.78 is 48.2. The molecular weight excluding hydrogens is 466 g/mol. The lowest BCUT2D eigenvalue weighted by molar-refractivity contribution is -0.121. The summed E-state index contributed by atoms with van der Waals surface area (Å²) >= 11 is 0. The Labute approximate surface area is 198 Å². The van der Waals surface area contributed by atoms with Gasteiger partial charge in [-0.3, -0.25) is 20.4 Å². The Balaban J connectivity index is 1.87. The summed E-state index contributed by atoms with van der Waals surface area (Å²) in [7, 11) is 0.407. The molecule has 34 heavy (non-hydrogen) atoms. The maximum atomic E-state index is 12.5. The molecule has 0 atom stereocenters. The number of hydrogen-bond donors (Lipinski definition) is 3. The number of methoxy groups -OCH3 is 3. The number of hydrogen-bond acceptors (Lipinski definition) is 8. The van der Waals surface area contributed by atoms with Crippen molar-refractivity contribution in [3.05, 3.63) is 42.0 Å². The molecule has 0 bridgehead atoms.